The first-order valence-corrected chi connectivity index (χ1v) is 10.9. The molecular formula is C20H29N7O6. The molecule has 3 rings (SSSR count). The summed E-state index contributed by atoms with van der Waals surface area (Å²) in [6.07, 6.45) is 4.74. The zero-order chi connectivity index (χ0) is 24.0. The van der Waals surface area contributed by atoms with E-state index in [9.17, 15) is 29.1 Å². The fourth-order valence-corrected chi connectivity index (χ4v) is 4.17. The van der Waals surface area contributed by atoms with Gasteiger partial charge in [0, 0.05) is 24.9 Å². The van der Waals surface area contributed by atoms with Crippen molar-refractivity contribution in [2.45, 2.75) is 62.7 Å². The molecule has 4 amide bonds. The summed E-state index contributed by atoms with van der Waals surface area (Å²) in [5, 5.41) is 17.6. The van der Waals surface area contributed by atoms with Crippen LogP contribution in [0, 0.1) is 0 Å². The second-order valence-electron chi connectivity index (χ2n) is 8.25. The number of likely N-dealkylation sites (tertiary alicyclic amines) is 1. The Bertz CT molecular complexity index is 883. The Kier molecular flexibility index (Phi) is 7.98. The maximum atomic E-state index is 13.2. The predicted molar refractivity (Wildman–Crippen MR) is 113 cm³/mol. The molecule has 33 heavy (non-hydrogen) atoms. The zero-order valence-corrected chi connectivity index (χ0v) is 18.1. The summed E-state index contributed by atoms with van der Waals surface area (Å²) in [5.41, 5.74) is 5.82. The minimum Gasteiger partial charge on any atom is -0.480 e. The smallest absolute Gasteiger partial charge is 0.326 e. The molecule has 4 unspecified atom stereocenters. The maximum Gasteiger partial charge on any atom is 0.326 e. The number of nitrogens with two attached hydrogens (primary N) is 1. The number of carbonyl (C=O) groups is 5. The lowest BCUT2D eigenvalue weighted by atomic mass is 10.1. The van der Waals surface area contributed by atoms with Gasteiger partial charge < -0.3 is 36.7 Å². The van der Waals surface area contributed by atoms with Gasteiger partial charge in [0.1, 0.15) is 18.1 Å². The van der Waals surface area contributed by atoms with Crippen LogP contribution in [0.5, 0.6) is 0 Å². The van der Waals surface area contributed by atoms with Crippen molar-refractivity contribution in [1.29, 1.82) is 0 Å². The van der Waals surface area contributed by atoms with Crippen LogP contribution in [0.15, 0.2) is 12.5 Å². The molecule has 0 spiro atoms. The van der Waals surface area contributed by atoms with Crippen LogP contribution in [0.25, 0.3) is 0 Å². The van der Waals surface area contributed by atoms with Crippen molar-refractivity contribution in [2.75, 3.05) is 13.1 Å². The number of aromatic amines is 1. The van der Waals surface area contributed by atoms with E-state index in [0.29, 0.717) is 31.5 Å². The Balaban J connectivity index is 1.76. The molecule has 180 valence electrons. The van der Waals surface area contributed by atoms with Crippen molar-refractivity contribution in [2.24, 2.45) is 5.73 Å². The highest BCUT2D eigenvalue weighted by Crippen LogP contribution is 2.19. The molecule has 0 aromatic carbocycles. The predicted octanol–water partition coefficient (Wildman–Crippen LogP) is -2.38. The topological polar surface area (TPSA) is 200 Å². The number of hydrogen-bond acceptors (Lipinski definition) is 7. The lowest BCUT2D eigenvalue weighted by molar-refractivity contribution is -0.149. The van der Waals surface area contributed by atoms with Gasteiger partial charge in [0.2, 0.25) is 23.6 Å². The summed E-state index contributed by atoms with van der Waals surface area (Å²) in [6.45, 7) is 0.923. The average Bonchev–Trinajstić information content (AvgIpc) is 3.54. The van der Waals surface area contributed by atoms with Gasteiger partial charge >= 0.3 is 5.97 Å². The number of rotatable bonds is 10. The maximum absolute atomic E-state index is 13.2. The van der Waals surface area contributed by atoms with Gasteiger partial charge in [-0.1, -0.05) is 0 Å². The van der Waals surface area contributed by atoms with Gasteiger partial charge in [-0.15, -0.1) is 0 Å². The molecule has 0 aliphatic carbocycles. The SMILES string of the molecule is NC(=O)CC(NC(=O)C1CCCN1)C(=O)NC(Cc1cnc[nH]1)C(=O)N1CCCC1C(=O)O. The lowest BCUT2D eigenvalue weighted by Crippen LogP contribution is -2.58. The number of aromatic nitrogens is 2. The average molecular weight is 463 g/mol. The summed E-state index contributed by atoms with van der Waals surface area (Å²) in [5.74, 6) is -3.67. The van der Waals surface area contributed by atoms with Crippen LogP contribution in [-0.2, 0) is 30.4 Å². The fourth-order valence-electron chi connectivity index (χ4n) is 4.17. The standard InChI is InChI=1S/C20H29N7O6/c21-16(28)8-13(25-17(29)12-3-1-5-23-12)18(30)26-14(7-11-9-22-10-24-11)19(31)27-6-2-4-15(27)20(32)33/h9-10,12-15,23H,1-8H2,(H2,21,28)(H,22,24)(H,25,29)(H,26,30)(H,32,33). The van der Waals surface area contributed by atoms with Crippen molar-refractivity contribution in [3.63, 3.8) is 0 Å². The van der Waals surface area contributed by atoms with E-state index < -0.39 is 60.2 Å². The number of imidazole rings is 1. The van der Waals surface area contributed by atoms with Crippen LogP contribution < -0.4 is 21.7 Å². The molecule has 0 radical (unpaired) electrons. The van der Waals surface area contributed by atoms with E-state index in [0.717, 1.165) is 6.42 Å². The number of nitrogens with one attached hydrogen (secondary N) is 4. The Hall–Kier alpha value is -3.48. The van der Waals surface area contributed by atoms with E-state index in [4.69, 9.17) is 5.73 Å². The molecule has 13 heteroatoms. The molecule has 0 saturated carbocycles. The molecule has 3 heterocycles. The summed E-state index contributed by atoms with van der Waals surface area (Å²) in [7, 11) is 0. The number of carbonyl (C=O) groups excluding carboxylic acids is 4. The molecule has 13 nitrogen and oxygen atoms in total. The first-order chi connectivity index (χ1) is 15.8. The highest BCUT2D eigenvalue weighted by molar-refractivity contribution is 5.96. The van der Waals surface area contributed by atoms with Gasteiger partial charge in [-0.05, 0) is 32.2 Å². The second-order valence-corrected chi connectivity index (χ2v) is 8.25. The number of primary amides is 1. The quantitative estimate of drug-likeness (QED) is 0.221. The van der Waals surface area contributed by atoms with E-state index in [2.05, 4.69) is 25.9 Å². The third-order valence-corrected chi connectivity index (χ3v) is 5.83. The van der Waals surface area contributed by atoms with E-state index in [1.807, 2.05) is 0 Å². The number of amides is 4. The van der Waals surface area contributed by atoms with Gasteiger partial charge in [0.15, 0.2) is 0 Å². The zero-order valence-electron chi connectivity index (χ0n) is 18.1. The van der Waals surface area contributed by atoms with Crippen molar-refractivity contribution in [1.82, 2.24) is 30.8 Å². The van der Waals surface area contributed by atoms with Crippen LogP contribution in [0.4, 0.5) is 0 Å². The summed E-state index contributed by atoms with van der Waals surface area (Å²) >= 11 is 0. The van der Waals surface area contributed by atoms with E-state index >= 15 is 0 Å². The summed E-state index contributed by atoms with van der Waals surface area (Å²) < 4.78 is 0. The van der Waals surface area contributed by atoms with E-state index in [-0.39, 0.29) is 13.0 Å². The first kappa shape index (κ1) is 24.2. The molecular weight excluding hydrogens is 434 g/mol. The molecule has 2 aliphatic heterocycles. The Morgan fingerprint density at radius 1 is 1.18 bits per heavy atom. The van der Waals surface area contributed by atoms with Gasteiger partial charge in [-0.3, -0.25) is 19.2 Å². The highest BCUT2D eigenvalue weighted by Gasteiger charge is 2.39. The summed E-state index contributed by atoms with van der Waals surface area (Å²) in [6, 6.07) is -3.86. The molecule has 1 aromatic rings. The highest BCUT2D eigenvalue weighted by atomic mass is 16.4. The number of carboxylic acid groups (broad SMARTS) is 1. The molecule has 4 atom stereocenters. The van der Waals surface area contributed by atoms with E-state index in [1.165, 1.54) is 17.4 Å². The Morgan fingerprint density at radius 2 is 1.97 bits per heavy atom. The van der Waals surface area contributed by atoms with Crippen molar-refractivity contribution >= 4 is 29.6 Å². The second kappa shape index (κ2) is 10.9. The minimum absolute atomic E-state index is 0.0226. The number of H-pyrrole nitrogens is 1. The van der Waals surface area contributed by atoms with Gasteiger partial charge in [0.25, 0.3) is 0 Å². The van der Waals surface area contributed by atoms with E-state index in [1.54, 1.807) is 0 Å². The molecule has 1 aromatic heterocycles. The molecule has 0 bridgehead atoms. The number of nitrogens with zero attached hydrogens (tertiary/aromatic N) is 2. The molecule has 2 saturated heterocycles. The van der Waals surface area contributed by atoms with Crippen molar-refractivity contribution in [3.8, 4) is 0 Å². The largest absolute Gasteiger partial charge is 0.480 e. The van der Waals surface area contributed by atoms with Crippen LogP contribution in [0.3, 0.4) is 0 Å². The van der Waals surface area contributed by atoms with Crippen LogP contribution in [-0.4, -0.2) is 86.8 Å². The lowest BCUT2D eigenvalue weighted by Gasteiger charge is -2.28. The van der Waals surface area contributed by atoms with Gasteiger partial charge in [0.05, 0.1) is 18.8 Å². The Morgan fingerprint density at radius 3 is 2.58 bits per heavy atom. The van der Waals surface area contributed by atoms with Gasteiger partial charge in [-0.2, -0.15) is 0 Å². The third-order valence-electron chi connectivity index (χ3n) is 5.83. The molecule has 2 aliphatic rings. The molecule has 2 fully saturated rings. The van der Waals surface area contributed by atoms with Crippen LogP contribution >= 0.6 is 0 Å². The third kappa shape index (κ3) is 6.28. The summed E-state index contributed by atoms with van der Waals surface area (Å²) in [4.78, 5) is 69.8. The minimum atomic E-state index is -1.27. The monoisotopic (exact) mass is 463 g/mol. The van der Waals surface area contributed by atoms with Crippen molar-refractivity contribution < 1.29 is 29.1 Å². The Labute approximate surface area is 189 Å². The van der Waals surface area contributed by atoms with Crippen molar-refractivity contribution in [3.05, 3.63) is 18.2 Å². The molecule has 7 N–H and O–H groups in total. The fraction of sp³-hybridized carbons (Fsp3) is 0.600. The first-order valence-electron chi connectivity index (χ1n) is 10.9. The van der Waals surface area contributed by atoms with Gasteiger partial charge in [-0.25, -0.2) is 9.78 Å². The van der Waals surface area contributed by atoms with Crippen LogP contribution in [0.1, 0.15) is 37.8 Å². The normalized spacial score (nSPS) is 21.9. The van der Waals surface area contributed by atoms with Crippen LogP contribution in [0.2, 0.25) is 0 Å². The number of aliphatic carboxylic acids is 1. The number of hydrogen-bond donors (Lipinski definition) is 6. The number of carboxylic acids is 1.